The highest BCUT2D eigenvalue weighted by molar-refractivity contribution is 5.86. The Morgan fingerprint density at radius 1 is 0.776 bits per heavy atom. The molecule has 0 bridgehead atoms. The first-order valence-corrected chi connectivity index (χ1v) is 22.3. The molecule has 3 heterocycles. The molecule has 3 saturated heterocycles. The van der Waals surface area contributed by atoms with Crippen LogP contribution in [0, 0.1) is 41.4 Å². The second-order valence-electron chi connectivity index (χ2n) is 18.4. The third-order valence-electron chi connectivity index (χ3n) is 15.1. The number of ketones is 1. The molecular weight excluding hydrogens is 739 g/mol. The minimum atomic E-state index is -0.615. The zero-order chi connectivity index (χ0) is 41.2. The highest BCUT2D eigenvalue weighted by Crippen LogP contribution is 2.62. The summed E-state index contributed by atoms with van der Waals surface area (Å²) in [5, 5.41) is 0. The van der Waals surface area contributed by atoms with Gasteiger partial charge in [0.25, 0.3) is 0 Å². The third kappa shape index (κ3) is 8.89. The number of esters is 1. The number of allylic oxidation sites excluding steroid dienone is 2. The zero-order valence-corrected chi connectivity index (χ0v) is 36.4. The van der Waals surface area contributed by atoms with E-state index in [1.165, 1.54) is 0 Å². The van der Waals surface area contributed by atoms with E-state index in [1.54, 1.807) is 21.3 Å². The highest BCUT2D eigenvalue weighted by atomic mass is 16.7. The van der Waals surface area contributed by atoms with E-state index in [0.29, 0.717) is 12.5 Å². The van der Waals surface area contributed by atoms with Crippen LogP contribution in [0.3, 0.4) is 0 Å². The molecule has 0 radical (unpaired) electrons. The Morgan fingerprint density at radius 2 is 1.52 bits per heavy atom. The number of likely N-dealkylation sites (N-methyl/N-ethyl adjacent to an activating group) is 1. The molecule has 0 N–H and O–H groups in total. The fraction of sp³-hybridized carbons (Fsp3) is 0.787. The van der Waals surface area contributed by atoms with E-state index in [4.69, 9.17) is 37.9 Å². The first-order chi connectivity index (χ1) is 28.0. The smallest absolute Gasteiger partial charge is 0.306 e. The Kier molecular flexibility index (Phi) is 14.5. The molecule has 3 aliphatic carbocycles. The van der Waals surface area contributed by atoms with Gasteiger partial charge < -0.3 is 42.8 Å². The number of rotatable bonds is 10. The number of Topliss-reactive ketones (excluding diaryl/α,β-unsaturated/α-hetero) is 1. The van der Waals surface area contributed by atoms with Gasteiger partial charge in [0.15, 0.2) is 12.6 Å². The summed E-state index contributed by atoms with van der Waals surface area (Å²) >= 11 is 0. The number of nitrogens with zero attached hydrogens (tertiary/aromatic N) is 1. The first kappa shape index (κ1) is 43.9. The summed E-state index contributed by atoms with van der Waals surface area (Å²) in [4.78, 5) is 31.7. The van der Waals surface area contributed by atoms with Gasteiger partial charge in [0.05, 0.1) is 24.4 Å². The Balaban J connectivity index is 1.19. The average Bonchev–Trinajstić information content (AvgIpc) is 3.77. The summed E-state index contributed by atoms with van der Waals surface area (Å²) in [6, 6.07) is 10.9. The predicted molar refractivity (Wildman–Crippen MR) is 219 cm³/mol. The normalized spacial score (nSPS) is 44.8. The van der Waals surface area contributed by atoms with Crippen LogP contribution in [-0.2, 0) is 47.5 Å². The van der Waals surface area contributed by atoms with Crippen LogP contribution in [0.1, 0.15) is 97.0 Å². The van der Waals surface area contributed by atoms with Gasteiger partial charge in [0.1, 0.15) is 30.2 Å². The molecular formula is C47H71NO10. The van der Waals surface area contributed by atoms with Crippen molar-refractivity contribution < 1.29 is 47.5 Å². The lowest BCUT2D eigenvalue weighted by atomic mass is 9.67. The maximum absolute atomic E-state index is 15.5. The van der Waals surface area contributed by atoms with E-state index >= 15 is 4.79 Å². The van der Waals surface area contributed by atoms with Crippen LogP contribution in [0.25, 0.3) is 0 Å². The molecule has 58 heavy (non-hydrogen) atoms. The molecule has 19 atom stereocenters. The van der Waals surface area contributed by atoms with Gasteiger partial charge in [-0.25, -0.2) is 0 Å². The van der Waals surface area contributed by atoms with Crippen molar-refractivity contribution >= 4 is 11.8 Å². The van der Waals surface area contributed by atoms with Crippen LogP contribution in [0.5, 0.6) is 0 Å². The van der Waals surface area contributed by atoms with E-state index in [1.807, 2.05) is 13.0 Å². The maximum atomic E-state index is 15.5. The quantitative estimate of drug-likeness (QED) is 0.181. The van der Waals surface area contributed by atoms with Gasteiger partial charge in [0, 0.05) is 45.6 Å². The summed E-state index contributed by atoms with van der Waals surface area (Å²) < 4.78 is 50.5. The van der Waals surface area contributed by atoms with E-state index < -0.39 is 12.4 Å². The van der Waals surface area contributed by atoms with Crippen molar-refractivity contribution in [1.82, 2.24) is 4.90 Å². The lowest BCUT2D eigenvalue weighted by Crippen LogP contribution is -2.59. The molecule has 5 unspecified atom stereocenters. The fourth-order valence-corrected chi connectivity index (χ4v) is 12.2. The monoisotopic (exact) mass is 810 g/mol. The molecule has 0 spiro atoms. The van der Waals surface area contributed by atoms with Crippen molar-refractivity contribution in [1.29, 1.82) is 0 Å². The van der Waals surface area contributed by atoms with Gasteiger partial charge in [-0.1, -0.05) is 56.3 Å². The van der Waals surface area contributed by atoms with Crippen LogP contribution in [0.2, 0.25) is 0 Å². The standard InChI is InChI=1S/C47H71NO10/c1-10-31-17-14-18-37(58-39-22-21-36(48(5)6)27(3)54-39)26(2)43(50)42-35(25-38(49)56-31)33-20-19-30-23-32(24-34(30)41(33)40(42)29-15-12-11-13-16-29)57-47-46(53-9)45(52-8)44(51-7)28(4)55-47/h11-13,15-16,19-20,26-28,30-37,39-42,44-47H,10,14,17-18,21-25H2,1-9H3/t26-,27?,28?,30-,31+,32-,33+,34-,35+,36+,37+,39+,40?,41-,42?,44+,45?,46+,47+/m1/s1. The van der Waals surface area contributed by atoms with Crippen molar-refractivity contribution in [2.45, 2.75) is 159 Å². The Bertz CT molecular complexity index is 1540. The second kappa shape index (κ2) is 19.2. The maximum Gasteiger partial charge on any atom is 0.306 e. The number of ether oxygens (including phenoxy) is 8. The molecule has 324 valence electrons. The topological polar surface area (TPSA) is 111 Å². The lowest BCUT2D eigenvalue weighted by Gasteiger charge is -2.44. The lowest BCUT2D eigenvalue weighted by molar-refractivity contribution is -0.314. The number of hydrogen-bond donors (Lipinski definition) is 0. The van der Waals surface area contributed by atoms with Gasteiger partial charge in [-0.05, 0) is 120 Å². The van der Waals surface area contributed by atoms with E-state index in [0.717, 1.165) is 50.5 Å². The number of benzene rings is 1. The van der Waals surface area contributed by atoms with Gasteiger partial charge in [-0.3, -0.25) is 9.59 Å². The predicted octanol–water partition coefficient (Wildman–Crippen LogP) is 6.96. The number of hydrogen-bond acceptors (Lipinski definition) is 11. The summed E-state index contributed by atoms with van der Waals surface area (Å²) in [5.41, 5.74) is 1.16. The molecule has 6 aliphatic rings. The molecule has 11 heteroatoms. The van der Waals surface area contributed by atoms with Crippen molar-refractivity contribution in [2.75, 3.05) is 35.4 Å². The molecule has 11 nitrogen and oxygen atoms in total. The largest absolute Gasteiger partial charge is 0.462 e. The molecule has 2 saturated carbocycles. The molecule has 5 fully saturated rings. The Morgan fingerprint density at radius 3 is 2.19 bits per heavy atom. The minimum Gasteiger partial charge on any atom is -0.462 e. The molecule has 0 amide bonds. The van der Waals surface area contributed by atoms with Gasteiger partial charge in [-0.2, -0.15) is 0 Å². The fourth-order valence-electron chi connectivity index (χ4n) is 12.2. The summed E-state index contributed by atoms with van der Waals surface area (Å²) in [7, 11) is 9.20. The molecule has 7 rings (SSSR count). The second-order valence-corrected chi connectivity index (χ2v) is 18.4. The first-order valence-electron chi connectivity index (χ1n) is 22.3. The number of carbonyl (C=O) groups excluding carboxylic acids is 2. The van der Waals surface area contributed by atoms with Crippen LogP contribution < -0.4 is 0 Å². The van der Waals surface area contributed by atoms with Gasteiger partial charge in [0.2, 0.25) is 0 Å². The molecule has 1 aromatic carbocycles. The van der Waals surface area contributed by atoms with Crippen LogP contribution >= 0.6 is 0 Å². The summed E-state index contributed by atoms with van der Waals surface area (Å²) in [6.07, 6.45) is 8.50. The molecule has 0 aromatic heterocycles. The van der Waals surface area contributed by atoms with Crippen LogP contribution in [0.15, 0.2) is 42.5 Å². The number of cyclic esters (lactones) is 1. The van der Waals surface area contributed by atoms with Crippen molar-refractivity contribution in [3.05, 3.63) is 48.0 Å². The van der Waals surface area contributed by atoms with E-state index in [2.05, 4.69) is 76.2 Å². The van der Waals surface area contributed by atoms with Gasteiger partial charge in [-0.15, -0.1) is 0 Å². The molecule has 3 aliphatic heterocycles. The van der Waals surface area contributed by atoms with Crippen molar-refractivity contribution in [3.8, 4) is 0 Å². The van der Waals surface area contributed by atoms with Crippen molar-refractivity contribution in [2.24, 2.45) is 41.4 Å². The number of carbonyl (C=O) groups is 2. The SMILES string of the molecule is CC[C@H]1CCC[C@H](O[C@H]2CC[C@H](N(C)C)C(C)O2)[C@@H](C)C(=O)C2C(c3ccccc3)[C@@H]3[C@@H](C=C[C@@H]4C[C@@H](O[C@@H]5OC(C)[C@H](OC)C(OC)[C@@H]5OC)C[C@@H]34)[C@@H]2CC(=O)O1. The van der Waals surface area contributed by atoms with E-state index in [9.17, 15) is 4.79 Å². The van der Waals surface area contributed by atoms with Gasteiger partial charge >= 0.3 is 5.97 Å². The number of methoxy groups -OCH3 is 3. The van der Waals surface area contributed by atoms with E-state index in [-0.39, 0.29) is 115 Å². The van der Waals surface area contributed by atoms with Crippen LogP contribution in [0.4, 0.5) is 0 Å². The third-order valence-corrected chi connectivity index (χ3v) is 15.1. The Hall–Kier alpha value is -2.22. The average molecular weight is 810 g/mol. The summed E-state index contributed by atoms with van der Waals surface area (Å²) in [5.74, 6) is -0.358. The number of fused-ring (bicyclic) bond motifs is 5. The minimum absolute atomic E-state index is 0.0239. The van der Waals surface area contributed by atoms with Crippen LogP contribution in [-0.4, -0.2) is 120 Å². The highest BCUT2D eigenvalue weighted by Gasteiger charge is 2.60. The van der Waals surface area contributed by atoms with Crippen molar-refractivity contribution in [3.63, 3.8) is 0 Å². The molecule has 1 aromatic rings. The zero-order valence-electron chi connectivity index (χ0n) is 36.4. The summed E-state index contributed by atoms with van der Waals surface area (Å²) in [6.45, 7) is 8.26. The Labute approximate surface area is 347 Å².